The summed E-state index contributed by atoms with van der Waals surface area (Å²) in [6, 6.07) is 13.1. The molecule has 2 N–H and O–H groups in total. The lowest BCUT2D eigenvalue weighted by atomic mass is 10.1. The summed E-state index contributed by atoms with van der Waals surface area (Å²) in [7, 11) is 0.0786. The molecule has 44 heavy (non-hydrogen) atoms. The van der Waals surface area contributed by atoms with E-state index in [2.05, 4.69) is 37.6 Å². The Morgan fingerprint density at radius 3 is 2.64 bits per heavy atom. The van der Waals surface area contributed by atoms with E-state index in [9.17, 15) is 19.4 Å². The summed E-state index contributed by atoms with van der Waals surface area (Å²) in [5, 5.41) is 16.5. The van der Waals surface area contributed by atoms with Crippen molar-refractivity contribution in [2.24, 2.45) is 5.92 Å². The summed E-state index contributed by atoms with van der Waals surface area (Å²) in [5.41, 5.74) is 2.61. The molecule has 3 rings (SSSR count). The van der Waals surface area contributed by atoms with Crippen LogP contribution in [-0.2, 0) is 23.4 Å². The molecule has 234 valence electrons. The average Bonchev–Trinajstić information content (AvgIpc) is 2.96. The molecule has 2 aromatic carbocycles. The van der Waals surface area contributed by atoms with E-state index in [1.54, 1.807) is 37.1 Å². The van der Waals surface area contributed by atoms with E-state index in [1.165, 1.54) is 26.0 Å². The van der Waals surface area contributed by atoms with Crippen LogP contribution in [0.15, 0.2) is 59.2 Å². The normalized spacial score (nSPS) is 13.5. The van der Waals surface area contributed by atoms with Crippen molar-refractivity contribution in [1.29, 1.82) is 5.26 Å². The van der Waals surface area contributed by atoms with E-state index < -0.39 is 25.5 Å². The summed E-state index contributed by atoms with van der Waals surface area (Å²) in [6.07, 6.45) is 3.86. The van der Waals surface area contributed by atoms with Gasteiger partial charge in [-0.1, -0.05) is 48.8 Å². The van der Waals surface area contributed by atoms with Gasteiger partial charge in [-0.2, -0.15) is 5.26 Å². The minimum atomic E-state index is -3.16. The highest BCUT2D eigenvalue weighted by Crippen LogP contribution is 2.45. The van der Waals surface area contributed by atoms with Gasteiger partial charge in [0.15, 0.2) is 0 Å². The number of fused-ring (bicyclic) bond motifs is 1. The minimum Gasteiger partial charge on any atom is -0.494 e. The Bertz CT molecular complexity index is 1620. The number of aromatic nitrogens is 1. The zero-order valence-corrected chi connectivity index (χ0v) is 28.1. The summed E-state index contributed by atoms with van der Waals surface area (Å²) < 4.78 is 30.5. The lowest BCUT2D eigenvalue weighted by Gasteiger charge is -2.27. The number of nitrogens with one attached hydrogen (secondary N) is 2. The van der Waals surface area contributed by atoms with Gasteiger partial charge in [0.25, 0.3) is 0 Å². The van der Waals surface area contributed by atoms with Gasteiger partial charge in [0.05, 0.1) is 35.9 Å². The fourth-order valence-corrected chi connectivity index (χ4v) is 6.36. The largest absolute Gasteiger partial charge is 0.494 e. The molecule has 0 spiro atoms. The van der Waals surface area contributed by atoms with Crippen molar-refractivity contribution in [3.05, 3.63) is 64.8 Å². The van der Waals surface area contributed by atoms with Gasteiger partial charge < -0.3 is 20.1 Å². The van der Waals surface area contributed by atoms with Gasteiger partial charge in [-0.15, -0.1) is 0 Å². The first-order chi connectivity index (χ1) is 20.8. The number of nitrogens with zero attached hydrogens (tertiary/aromatic N) is 3. The Labute approximate surface area is 266 Å². The number of hydrogen-bond donors (Lipinski definition) is 2. The fraction of sp³-hybridized carbons (Fsp3) is 0.355. The molecular formula is C31H37BrN5O6P. The number of carbonyl (C=O) groups is 2. The maximum atomic E-state index is 13.1. The smallest absolute Gasteiger partial charge is 0.307 e. The number of pyridine rings is 1. The number of anilines is 3. The van der Waals surface area contributed by atoms with Crippen LogP contribution in [0, 0.1) is 17.2 Å². The van der Waals surface area contributed by atoms with E-state index in [1.807, 2.05) is 38.1 Å². The number of methoxy groups -OCH3 is 1. The predicted octanol–water partition coefficient (Wildman–Crippen LogP) is 6.86. The van der Waals surface area contributed by atoms with Crippen LogP contribution in [0.2, 0.25) is 0 Å². The molecule has 0 bridgehead atoms. The molecular weight excluding hydrogens is 649 g/mol. The highest BCUT2D eigenvalue weighted by molar-refractivity contribution is 9.10. The van der Waals surface area contributed by atoms with Crippen molar-refractivity contribution in [3.8, 4) is 11.8 Å². The lowest BCUT2D eigenvalue weighted by molar-refractivity contribution is -0.169. The quantitative estimate of drug-likeness (QED) is 0.0799. The van der Waals surface area contributed by atoms with E-state index in [0.717, 1.165) is 10.2 Å². The van der Waals surface area contributed by atoms with E-state index in [-0.39, 0.29) is 18.6 Å². The highest BCUT2D eigenvalue weighted by atomic mass is 79.9. The third-order valence-electron chi connectivity index (χ3n) is 6.25. The zero-order valence-electron chi connectivity index (χ0n) is 25.6. The summed E-state index contributed by atoms with van der Waals surface area (Å²) in [5.74, 6) is -0.610. The van der Waals surface area contributed by atoms with Crippen molar-refractivity contribution < 1.29 is 28.2 Å². The summed E-state index contributed by atoms with van der Waals surface area (Å²) in [6.45, 7) is 7.12. The molecule has 0 saturated heterocycles. The van der Waals surface area contributed by atoms with Gasteiger partial charge >= 0.3 is 5.97 Å². The molecule has 0 radical (unpaired) electrons. The standard InChI is InChI=1S/C31H37BrN5O6P/c1-7-29(39)42-31(20(2)3)43-44(6,40)19-37(4)13-9-12-28(38)36-26-15-24-25(16-27(26)41-5)34-18-21(17-33)30(24)35-23-11-8-10-22(32)14-23/h8-12,14-16,18,20,31H,7,13,19H2,1-6H3,(H,34,35)(H,36,38). The molecule has 0 aliphatic rings. The summed E-state index contributed by atoms with van der Waals surface area (Å²) >= 11 is 3.46. The second kappa shape index (κ2) is 15.8. The number of rotatable bonds is 14. The van der Waals surface area contributed by atoms with Crippen LogP contribution in [0.1, 0.15) is 32.8 Å². The number of hydrogen-bond acceptors (Lipinski definition) is 10. The average molecular weight is 687 g/mol. The van der Waals surface area contributed by atoms with Crippen molar-refractivity contribution in [3.63, 3.8) is 0 Å². The van der Waals surface area contributed by atoms with E-state index >= 15 is 0 Å². The fourth-order valence-electron chi connectivity index (χ4n) is 4.17. The van der Waals surface area contributed by atoms with Gasteiger partial charge in [-0.05, 0) is 31.3 Å². The van der Waals surface area contributed by atoms with E-state index in [0.29, 0.717) is 40.1 Å². The van der Waals surface area contributed by atoms with Gasteiger partial charge in [0, 0.05) is 59.4 Å². The van der Waals surface area contributed by atoms with E-state index in [4.69, 9.17) is 14.0 Å². The van der Waals surface area contributed by atoms with Gasteiger partial charge in [-0.3, -0.25) is 28.6 Å². The Hall–Kier alpha value is -3.75. The molecule has 0 fully saturated rings. The number of benzene rings is 2. The number of amides is 1. The van der Waals surface area contributed by atoms with Crippen molar-refractivity contribution in [1.82, 2.24) is 9.88 Å². The first-order valence-electron chi connectivity index (χ1n) is 13.9. The molecule has 0 saturated carbocycles. The van der Waals surface area contributed by atoms with Crippen LogP contribution in [0.25, 0.3) is 10.9 Å². The third kappa shape index (κ3) is 9.89. The monoisotopic (exact) mass is 685 g/mol. The van der Waals surface area contributed by atoms with Crippen LogP contribution in [0.5, 0.6) is 5.75 Å². The number of esters is 1. The Kier molecular flexibility index (Phi) is 12.5. The van der Waals surface area contributed by atoms with Crippen molar-refractivity contribution in [2.75, 3.05) is 44.3 Å². The van der Waals surface area contributed by atoms with Crippen molar-refractivity contribution >= 4 is 63.1 Å². The Morgan fingerprint density at radius 1 is 1.25 bits per heavy atom. The molecule has 0 aliphatic heterocycles. The number of ether oxygens (including phenoxy) is 2. The second-order valence-corrected chi connectivity index (χ2v) is 13.9. The SMILES string of the molecule is CCC(=O)OC(OP(C)(=O)CN(C)CC=CC(=O)Nc1cc2c(Nc3cccc(Br)c3)c(C#N)cnc2cc1OC)C(C)C. The highest BCUT2D eigenvalue weighted by Gasteiger charge is 2.28. The molecule has 1 heterocycles. The molecule has 2 atom stereocenters. The van der Waals surface area contributed by atoms with Crippen LogP contribution in [-0.4, -0.2) is 61.7 Å². The van der Waals surface area contributed by atoms with Crippen molar-refractivity contribution in [2.45, 2.75) is 33.5 Å². The third-order valence-corrected chi connectivity index (χ3v) is 8.40. The van der Waals surface area contributed by atoms with Crippen LogP contribution in [0.3, 0.4) is 0 Å². The Morgan fingerprint density at radius 2 is 2.00 bits per heavy atom. The Balaban J connectivity index is 1.73. The van der Waals surface area contributed by atoms with Gasteiger partial charge in [-0.25, -0.2) is 0 Å². The lowest BCUT2D eigenvalue weighted by Crippen LogP contribution is -2.28. The number of likely N-dealkylation sites (N-methyl/N-ethyl adjacent to an activating group) is 1. The van der Waals surface area contributed by atoms with Crippen LogP contribution < -0.4 is 15.4 Å². The van der Waals surface area contributed by atoms with Crippen LogP contribution >= 0.6 is 23.3 Å². The van der Waals surface area contributed by atoms with Crippen LogP contribution in [0.4, 0.5) is 17.1 Å². The van der Waals surface area contributed by atoms with Gasteiger partial charge in [0.2, 0.25) is 19.6 Å². The van der Waals surface area contributed by atoms with Gasteiger partial charge in [0.1, 0.15) is 11.8 Å². The molecule has 2 unspecified atom stereocenters. The molecule has 1 amide bonds. The first-order valence-corrected chi connectivity index (χ1v) is 16.9. The topological polar surface area (TPSA) is 143 Å². The molecule has 11 nitrogen and oxygen atoms in total. The predicted molar refractivity (Wildman–Crippen MR) is 175 cm³/mol. The number of carbonyl (C=O) groups excluding carboxylic acids is 2. The second-order valence-electron chi connectivity index (χ2n) is 10.5. The minimum absolute atomic E-state index is 0.0896. The maximum absolute atomic E-state index is 13.1. The zero-order chi connectivity index (χ0) is 32.4. The first kappa shape index (κ1) is 34.7. The summed E-state index contributed by atoms with van der Waals surface area (Å²) in [4.78, 5) is 30.8. The molecule has 13 heteroatoms. The molecule has 1 aromatic heterocycles. The molecule has 0 aliphatic carbocycles. The number of halogens is 1. The molecule has 3 aromatic rings. The number of nitriles is 1. The maximum Gasteiger partial charge on any atom is 0.307 e.